The van der Waals surface area contributed by atoms with Gasteiger partial charge in [0.1, 0.15) is 24.7 Å². The van der Waals surface area contributed by atoms with E-state index in [9.17, 15) is 19.2 Å². The second-order valence-electron chi connectivity index (χ2n) is 10.2. The molecule has 0 spiro atoms. The number of ether oxygens (including phenoxy) is 5. The van der Waals surface area contributed by atoms with Crippen molar-refractivity contribution in [3.05, 3.63) is 114 Å². The van der Waals surface area contributed by atoms with Gasteiger partial charge in [0, 0.05) is 16.7 Å². The van der Waals surface area contributed by atoms with Gasteiger partial charge in [0.15, 0.2) is 5.78 Å². The number of ketones is 1. The van der Waals surface area contributed by atoms with Crippen molar-refractivity contribution >= 4 is 29.8 Å². The highest BCUT2D eigenvalue weighted by Crippen LogP contribution is 2.23. The number of carbonyl (C=O) groups excluding carboxylic acids is 4. The molecule has 0 aliphatic carbocycles. The lowest BCUT2D eigenvalue weighted by Gasteiger charge is -2.08. The largest absolute Gasteiger partial charge is 0.494 e. The summed E-state index contributed by atoms with van der Waals surface area (Å²) in [6, 6.07) is 22.3. The molecule has 3 aromatic rings. The Hall–Kier alpha value is -5.44. The first kappa shape index (κ1) is 35.0. The van der Waals surface area contributed by atoms with Gasteiger partial charge in [-0.2, -0.15) is 0 Å². The minimum atomic E-state index is -0.613. The van der Waals surface area contributed by atoms with Gasteiger partial charge in [-0.05, 0) is 66.8 Å². The van der Waals surface area contributed by atoms with Crippen LogP contribution in [0.5, 0.6) is 11.5 Å². The summed E-state index contributed by atoms with van der Waals surface area (Å²) in [5, 5.41) is 0. The fraction of sp³-hybridized carbons (Fsp3) is 0.243. The lowest BCUT2D eigenvalue weighted by molar-refractivity contribution is -0.144. The molecule has 0 heterocycles. The molecule has 0 bridgehead atoms. The van der Waals surface area contributed by atoms with Crippen molar-refractivity contribution in [2.24, 2.45) is 0 Å². The maximum atomic E-state index is 12.7. The topological polar surface area (TPSA) is 114 Å². The van der Waals surface area contributed by atoms with Crippen molar-refractivity contribution in [3.63, 3.8) is 0 Å². The van der Waals surface area contributed by atoms with Crippen molar-refractivity contribution in [3.8, 4) is 22.6 Å². The molecular formula is C37H38O9. The number of methoxy groups -OCH3 is 1. The van der Waals surface area contributed by atoms with E-state index in [2.05, 4.69) is 17.9 Å². The fourth-order valence-corrected chi connectivity index (χ4v) is 3.91. The Morgan fingerprint density at radius 2 is 1.22 bits per heavy atom. The second kappa shape index (κ2) is 18.4. The van der Waals surface area contributed by atoms with Gasteiger partial charge in [-0.1, -0.05) is 67.8 Å². The summed E-state index contributed by atoms with van der Waals surface area (Å²) in [5.74, 6) is -0.365. The minimum Gasteiger partial charge on any atom is -0.494 e. The molecule has 240 valence electrons. The zero-order chi connectivity index (χ0) is 33.3. The van der Waals surface area contributed by atoms with E-state index >= 15 is 0 Å². The van der Waals surface area contributed by atoms with Crippen LogP contribution in [0.25, 0.3) is 17.2 Å². The number of carbonyl (C=O) groups is 4. The molecule has 46 heavy (non-hydrogen) atoms. The molecule has 0 aliphatic rings. The first-order valence-electron chi connectivity index (χ1n) is 14.7. The smallest absolute Gasteiger partial charge is 0.333 e. The van der Waals surface area contributed by atoms with Crippen LogP contribution in [-0.4, -0.2) is 57.2 Å². The molecule has 0 aromatic heterocycles. The highest BCUT2D eigenvalue weighted by molar-refractivity contribution is 6.07. The van der Waals surface area contributed by atoms with E-state index in [-0.39, 0.29) is 37.6 Å². The van der Waals surface area contributed by atoms with Crippen LogP contribution in [0.1, 0.15) is 42.1 Å². The predicted octanol–water partition coefficient (Wildman–Crippen LogP) is 6.57. The molecule has 0 N–H and O–H groups in total. The number of rotatable bonds is 18. The maximum Gasteiger partial charge on any atom is 0.333 e. The van der Waals surface area contributed by atoms with E-state index in [0.29, 0.717) is 42.1 Å². The van der Waals surface area contributed by atoms with Crippen molar-refractivity contribution in [1.82, 2.24) is 0 Å². The van der Waals surface area contributed by atoms with Crippen molar-refractivity contribution in [2.45, 2.75) is 26.2 Å². The summed E-state index contributed by atoms with van der Waals surface area (Å²) >= 11 is 0. The van der Waals surface area contributed by atoms with Gasteiger partial charge >= 0.3 is 17.9 Å². The Balaban J connectivity index is 1.38. The summed E-state index contributed by atoms with van der Waals surface area (Å²) in [7, 11) is 1.24. The molecule has 0 fully saturated rings. The summed E-state index contributed by atoms with van der Waals surface area (Å²) in [6.07, 6.45) is 4.36. The maximum absolute atomic E-state index is 12.7. The SMILES string of the molecule is C=C(C)C(=O)OCCOc1ccc(-c2ccc(C(=O)/C=C/c3ccc(OCCCCOC(=O)C(=C)CC(=O)OC)cc3)cc2)cc1. The third-order valence-electron chi connectivity index (χ3n) is 6.51. The lowest BCUT2D eigenvalue weighted by atomic mass is 10.0. The van der Waals surface area contributed by atoms with Crippen molar-refractivity contribution < 1.29 is 42.9 Å². The van der Waals surface area contributed by atoms with Crippen LogP contribution in [0.3, 0.4) is 0 Å². The molecule has 9 nitrogen and oxygen atoms in total. The first-order chi connectivity index (χ1) is 22.2. The van der Waals surface area contributed by atoms with E-state index in [1.54, 1.807) is 25.1 Å². The summed E-state index contributed by atoms with van der Waals surface area (Å²) in [6.45, 7) is 9.68. The van der Waals surface area contributed by atoms with Crippen LogP contribution in [0.15, 0.2) is 103 Å². The molecule has 0 atom stereocenters. The van der Waals surface area contributed by atoms with E-state index in [1.165, 1.54) is 13.2 Å². The van der Waals surface area contributed by atoms with Gasteiger partial charge in [-0.25, -0.2) is 9.59 Å². The number of unbranched alkanes of at least 4 members (excludes halogenated alkanes) is 1. The van der Waals surface area contributed by atoms with E-state index in [0.717, 1.165) is 16.7 Å². The predicted molar refractivity (Wildman–Crippen MR) is 174 cm³/mol. The Kier molecular flexibility index (Phi) is 14.0. The fourth-order valence-electron chi connectivity index (χ4n) is 3.91. The van der Waals surface area contributed by atoms with E-state index in [4.69, 9.17) is 18.9 Å². The quantitative estimate of drug-likeness (QED) is 0.0508. The normalized spacial score (nSPS) is 10.6. The molecule has 0 amide bonds. The van der Waals surface area contributed by atoms with Gasteiger partial charge in [-0.3, -0.25) is 9.59 Å². The van der Waals surface area contributed by atoms with Gasteiger partial charge in [-0.15, -0.1) is 0 Å². The summed E-state index contributed by atoms with van der Waals surface area (Å²) in [4.78, 5) is 47.1. The summed E-state index contributed by atoms with van der Waals surface area (Å²) in [5.41, 5.74) is 3.76. The summed E-state index contributed by atoms with van der Waals surface area (Å²) < 4.78 is 26.0. The number of esters is 3. The minimum absolute atomic E-state index is 0.0566. The number of allylic oxidation sites excluding steroid dienone is 1. The zero-order valence-corrected chi connectivity index (χ0v) is 26.1. The number of benzene rings is 3. The van der Waals surface area contributed by atoms with Crippen LogP contribution in [0.4, 0.5) is 0 Å². The third-order valence-corrected chi connectivity index (χ3v) is 6.51. The molecule has 3 rings (SSSR count). The van der Waals surface area contributed by atoms with E-state index < -0.39 is 17.9 Å². The third kappa shape index (κ3) is 11.9. The highest BCUT2D eigenvalue weighted by Gasteiger charge is 2.13. The molecule has 0 aliphatic heterocycles. The Morgan fingerprint density at radius 1 is 0.674 bits per heavy atom. The Labute approximate surface area is 269 Å². The molecule has 0 saturated carbocycles. The van der Waals surface area contributed by atoms with Crippen molar-refractivity contribution in [1.29, 1.82) is 0 Å². The van der Waals surface area contributed by atoms with Crippen LogP contribution < -0.4 is 9.47 Å². The van der Waals surface area contributed by atoms with Gasteiger partial charge in [0.05, 0.1) is 26.7 Å². The Bertz CT molecular complexity index is 1530. The lowest BCUT2D eigenvalue weighted by Crippen LogP contribution is -2.13. The molecule has 0 unspecified atom stereocenters. The van der Waals surface area contributed by atoms with Crippen molar-refractivity contribution in [2.75, 3.05) is 33.5 Å². The molecule has 0 radical (unpaired) electrons. The standard InChI is InChI=1S/C37H38O9/c1-26(2)36(40)46-24-23-44-33-18-14-30(15-19-33)29-10-12-31(13-11-29)34(38)20-9-28-7-16-32(17-8-28)43-21-5-6-22-45-37(41)27(3)25-35(39)42-4/h7-20H,1,3,5-6,21-25H2,2,4H3/b20-9+. The van der Waals surface area contributed by atoms with Crippen LogP contribution >= 0.6 is 0 Å². The average molecular weight is 627 g/mol. The zero-order valence-electron chi connectivity index (χ0n) is 26.1. The Morgan fingerprint density at radius 3 is 1.83 bits per heavy atom. The monoisotopic (exact) mass is 626 g/mol. The first-order valence-corrected chi connectivity index (χ1v) is 14.7. The molecule has 9 heteroatoms. The van der Waals surface area contributed by atoms with Crippen LogP contribution in [0.2, 0.25) is 0 Å². The molecule has 3 aromatic carbocycles. The second-order valence-corrected chi connectivity index (χ2v) is 10.2. The van der Waals surface area contributed by atoms with E-state index in [1.807, 2.05) is 60.7 Å². The van der Waals surface area contributed by atoms with Gasteiger partial charge in [0.2, 0.25) is 0 Å². The van der Waals surface area contributed by atoms with Crippen LogP contribution in [-0.2, 0) is 28.6 Å². The highest BCUT2D eigenvalue weighted by atomic mass is 16.6. The molecular weight excluding hydrogens is 588 g/mol. The molecule has 0 saturated heterocycles. The number of hydrogen-bond acceptors (Lipinski definition) is 9. The van der Waals surface area contributed by atoms with Gasteiger partial charge in [0.25, 0.3) is 0 Å². The number of hydrogen-bond donors (Lipinski definition) is 0. The van der Waals surface area contributed by atoms with Crippen LogP contribution in [0, 0.1) is 0 Å². The average Bonchev–Trinajstić information content (AvgIpc) is 3.07. The van der Waals surface area contributed by atoms with Gasteiger partial charge < -0.3 is 23.7 Å².